The molecule has 3 amide bonds. The van der Waals surface area contributed by atoms with Crippen molar-refractivity contribution in [1.82, 2.24) is 20.2 Å². The first-order valence-electron chi connectivity index (χ1n) is 7.31. The molecule has 0 bridgehead atoms. The molecule has 122 valence electrons. The van der Waals surface area contributed by atoms with Crippen molar-refractivity contribution in [3.05, 3.63) is 11.4 Å². The van der Waals surface area contributed by atoms with Gasteiger partial charge in [-0.3, -0.25) is 10.1 Å². The number of amides is 3. The summed E-state index contributed by atoms with van der Waals surface area (Å²) >= 11 is 1.33. The normalized spacial score (nSPS) is 17.5. The van der Waals surface area contributed by atoms with Gasteiger partial charge in [-0.05, 0) is 26.7 Å². The van der Waals surface area contributed by atoms with Gasteiger partial charge < -0.3 is 14.6 Å². The molecule has 2 rings (SSSR count). The van der Waals surface area contributed by atoms with Gasteiger partial charge in [-0.1, -0.05) is 11.8 Å². The van der Waals surface area contributed by atoms with Crippen LogP contribution >= 0.6 is 11.8 Å². The summed E-state index contributed by atoms with van der Waals surface area (Å²) in [6, 6.07) is -0.499. The number of nitrogens with one attached hydrogen (secondary N) is 2. The molecule has 0 spiro atoms. The van der Waals surface area contributed by atoms with E-state index in [1.165, 1.54) is 18.8 Å². The van der Waals surface area contributed by atoms with Gasteiger partial charge in [-0.15, -0.1) is 0 Å². The Bertz CT molecular complexity index is 553. The molecule has 1 aromatic rings. The standard InChI is InChI=1S/C14H22N4O3S/c1-9-10(2)18(7-11-5-4-6-21-11)14(16-9)22-8-12(19)17-13(20)15-3/h11H,4-8H2,1-3H3,(H2,15,17,19,20)/t11-/m1/s1. The molecule has 22 heavy (non-hydrogen) atoms. The second-order valence-electron chi connectivity index (χ2n) is 5.23. The highest BCUT2D eigenvalue weighted by Gasteiger charge is 2.20. The van der Waals surface area contributed by atoms with Gasteiger partial charge in [0.15, 0.2) is 5.16 Å². The van der Waals surface area contributed by atoms with Crippen LogP contribution in [0.1, 0.15) is 24.2 Å². The number of urea groups is 1. The third kappa shape index (κ3) is 4.23. The van der Waals surface area contributed by atoms with E-state index in [4.69, 9.17) is 4.74 Å². The Morgan fingerprint density at radius 3 is 2.86 bits per heavy atom. The number of thioether (sulfide) groups is 1. The van der Waals surface area contributed by atoms with E-state index in [9.17, 15) is 9.59 Å². The molecule has 1 fully saturated rings. The number of ether oxygens (including phenoxy) is 1. The summed E-state index contributed by atoms with van der Waals surface area (Å²) < 4.78 is 7.78. The van der Waals surface area contributed by atoms with Crippen LogP contribution in [-0.4, -0.2) is 47.0 Å². The van der Waals surface area contributed by atoms with Gasteiger partial charge in [0.05, 0.1) is 24.1 Å². The highest BCUT2D eigenvalue weighted by molar-refractivity contribution is 7.99. The minimum Gasteiger partial charge on any atom is -0.376 e. The van der Waals surface area contributed by atoms with Crippen molar-refractivity contribution in [2.75, 3.05) is 19.4 Å². The first kappa shape index (κ1) is 16.8. The zero-order chi connectivity index (χ0) is 16.1. The van der Waals surface area contributed by atoms with Crippen LogP contribution < -0.4 is 10.6 Å². The molecule has 0 aromatic carbocycles. The number of aryl methyl sites for hydroxylation is 1. The summed E-state index contributed by atoms with van der Waals surface area (Å²) in [4.78, 5) is 27.3. The third-order valence-electron chi connectivity index (χ3n) is 3.65. The van der Waals surface area contributed by atoms with E-state index in [0.29, 0.717) is 0 Å². The molecule has 0 unspecified atom stereocenters. The number of aromatic nitrogens is 2. The SMILES string of the molecule is CNC(=O)NC(=O)CSc1nc(C)c(C)n1C[C@H]1CCCO1. The Labute approximate surface area is 134 Å². The molecule has 0 aliphatic carbocycles. The van der Waals surface area contributed by atoms with Crippen molar-refractivity contribution >= 4 is 23.7 Å². The maximum atomic E-state index is 11.7. The average Bonchev–Trinajstić information content (AvgIpc) is 3.09. The minimum atomic E-state index is -0.499. The number of hydrogen-bond acceptors (Lipinski definition) is 5. The largest absolute Gasteiger partial charge is 0.376 e. The third-order valence-corrected chi connectivity index (χ3v) is 4.62. The summed E-state index contributed by atoms with van der Waals surface area (Å²) in [7, 11) is 1.47. The number of imide groups is 1. The van der Waals surface area contributed by atoms with Crippen LogP contribution in [0.5, 0.6) is 0 Å². The first-order valence-corrected chi connectivity index (χ1v) is 8.29. The van der Waals surface area contributed by atoms with E-state index in [-0.39, 0.29) is 17.8 Å². The molecular formula is C14H22N4O3S. The Hall–Kier alpha value is -1.54. The number of rotatable bonds is 5. The van der Waals surface area contributed by atoms with Gasteiger partial charge in [0.1, 0.15) is 0 Å². The molecule has 2 heterocycles. The monoisotopic (exact) mass is 326 g/mol. The number of imidazole rings is 1. The lowest BCUT2D eigenvalue weighted by molar-refractivity contribution is -0.117. The number of hydrogen-bond donors (Lipinski definition) is 2. The van der Waals surface area contributed by atoms with E-state index in [0.717, 1.165) is 42.5 Å². The van der Waals surface area contributed by atoms with Crippen LogP contribution in [0.3, 0.4) is 0 Å². The second kappa shape index (κ2) is 7.64. The lowest BCUT2D eigenvalue weighted by Crippen LogP contribution is -2.38. The predicted octanol–water partition coefficient (Wildman–Crippen LogP) is 1.23. The van der Waals surface area contributed by atoms with Crippen molar-refractivity contribution in [3.8, 4) is 0 Å². The van der Waals surface area contributed by atoms with Crippen LogP contribution in [0.25, 0.3) is 0 Å². The van der Waals surface area contributed by atoms with Crippen molar-refractivity contribution in [2.24, 2.45) is 0 Å². The summed E-state index contributed by atoms with van der Waals surface area (Å²) in [5.74, 6) is -0.194. The molecule has 1 saturated heterocycles. The zero-order valence-corrected chi connectivity index (χ0v) is 14.0. The Balaban J connectivity index is 1.99. The van der Waals surface area contributed by atoms with Gasteiger partial charge in [-0.2, -0.15) is 0 Å². The quantitative estimate of drug-likeness (QED) is 0.795. The van der Waals surface area contributed by atoms with Crippen molar-refractivity contribution in [3.63, 3.8) is 0 Å². The smallest absolute Gasteiger partial charge is 0.321 e. The highest BCUT2D eigenvalue weighted by Crippen LogP contribution is 2.24. The average molecular weight is 326 g/mol. The molecule has 1 aliphatic rings. The summed E-state index contributed by atoms with van der Waals surface area (Å²) in [6.45, 7) is 5.54. The molecule has 1 atom stereocenters. The topological polar surface area (TPSA) is 85.3 Å². The molecule has 2 N–H and O–H groups in total. The van der Waals surface area contributed by atoms with Crippen LogP contribution in [0, 0.1) is 13.8 Å². The fourth-order valence-electron chi connectivity index (χ4n) is 2.30. The molecular weight excluding hydrogens is 304 g/mol. The van der Waals surface area contributed by atoms with Crippen molar-refractivity contribution < 1.29 is 14.3 Å². The van der Waals surface area contributed by atoms with Crippen LogP contribution in [-0.2, 0) is 16.1 Å². The second-order valence-corrected chi connectivity index (χ2v) is 6.17. The van der Waals surface area contributed by atoms with E-state index < -0.39 is 6.03 Å². The summed E-state index contributed by atoms with van der Waals surface area (Å²) in [5, 5.41) is 5.38. The van der Waals surface area contributed by atoms with Crippen molar-refractivity contribution in [1.29, 1.82) is 0 Å². The lowest BCUT2D eigenvalue weighted by atomic mass is 10.2. The Morgan fingerprint density at radius 1 is 1.45 bits per heavy atom. The lowest BCUT2D eigenvalue weighted by Gasteiger charge is -2.14. The van der Waals surface area contributed by atoms with E-state index in [1.807, 2.05) is 13.8 Å². The van der Waals surface area contributed by atoms with Gasteiger partial charge in [0.2, 0.25) is 5.91 Å². The molecule has 1 aromatic heterocycles. The zero-order valence-electron chi connectivity index (χ0n) is 13.1. The molecule has 1 aliphatic heterocycles. The Morgan fingerprint density at radius 2 is 2.23 bits per heavy atom. The van der Waals surface area contributed by atoms with Crippen molar-refractivity contribution in [2.45, 2.75) is 44.5 Å². The maximum absolute atomic E-state index is 11.7. The summed E-state index contributed by atoms with van der Waals surface area (Å²) in [6.07, 6.45) is 2.36. The van der Waals surface area contributed by atoms with E-state index >= 15 is 0 Å². The van der Waals surface area contributed by atoms with E-state index in [2.05, 4.69) is 20.2 Å². The minimum absolute atomic E-state index is 0.148. The molecule has 0 radical (unpaired) electrons. The van der Waals surface area contributed by atoms with Crippen LogP contribution in [0.15, 0.2) is 5.16 Å². The predicted molar refractivity (Wildman–Crippen MR) is 84.0 cm³/mol. The molecule has 8 heteroatoms. The number of nitrogens with zero attached hydrogens (tertiary/aromatic N) is 2. The van der Waals surface area contributed by atoms with Gasteiger partial charge in [0.25, 0.3) is 0 Å². The summed E-state index contributed by atoms with van der Waals surface area (Å²) in [5.41, 5.74) is 2.04. The van der Waals surface area contributed by atoms with E-state index in [1.54, 1.807) is 0 Å². The fourth-order valence-corrected chi connectivity index (χ4v) is 3.20. The first-order chi connectivity index (χ1) is 10.5. The number of carbonyl (C=O) groups excluding carboxylic acids is 2. The van der Waals surface area contributed by atoms with Gasteiger partial charge in [0, 0.05) is 19.3 Å². The molecule has 0 saturated carbocycles. The van der Waals surface area contributed by atoms with Crippen LogP contribution in [0.4, 0.5) is 4.79 Å². The van der Waals surface area contributed by atoms with Crippen LogP contribution in [0.2, 0.25) is 0 Å². The molecule has 7 nitrogen and oxygen atoms in total. The maximum Gasteiger partial charge on any atom is 0.321 e. The Kier molecular flexibility index (Phi) is 5.84. The number of carbonyl (C=O) groups is 2. The fraction of sp³-hybridized carbons (Fsp3) is 0.643. The highest BCUT2D eigenvalue weighted by atomic mass is 32.2. The van der Waals surface area contributed by atoms with Gasteiger partial charge in [-0.25, -0.2) is 9.78 Å². The van der Waals surface area contributed by atoms with Gasteiger partial charge >= 0.3 is 6.03 Å².